The Hall–Kier alpha value is -1.76. The highest BCUT2D eigenvalue weighted by Gasteiger charge is 2.30. The molecule has 0 saturated carbocycles. The average molecular weight is 272 g/mol. The number of hydrogen-bond donors (Lipinski definition) is 0. The van der Waals surface area contributed by atoms with E-state index in [1.165, 1.54) is 11.3 Å². The molecule has 0 aliphatic rings. The van der Waals surface area contributed by atoms with Crippen LogP contribution >= 0.6 is 11.3 Å². The molecule has 0 unspecified atom stereocenters. The first kappa shape index (κ1) is 12.7. The normalized spacial score (nSPS) is 11.5. The molecule has 2 heterocycles. The van der Waals surface area contributed by atoms with E-state index in [2.05, 4.69) is 9.97 Å². The van der Waals surface area contributed by atoms with Crippen LogP contribution in [0.1, 0.15) is 20.9 Å². The zero-order valence-corrected chi connectivity index (χ0v) is 9.76. The third-order valence-corrected chi connectivity index (χ3v) is 2.97. The molecule has 2 aromatic heterocycles. The van der Waals surface area contributed by atoms with Gasteiger partial charge in [-0.1, -0.05) is 0 Å². The Bertz CT molecular complexity index is 534. The number of carbonyl (C=O) groups is 1. The van der Waals surface area contributed by atoms with Crippen LogP contribution in [-0.4, -0.2) is 15.8 Å². The van der Waals surface area contributed by atoms with Crippen molar-refractivity contribution in [1.82, 2.24) is 9.97 Å². The fraction of sp³-hybridized carbons (Fsp3) is 0.182. The van der Waals surface area contributed by atoms with Crippen molar-refractivity contribution < 1.29 is 18.0 Å². The minimum absolute atomic E-state index is 0.0244. The number of carbonyl (C=O) groups excluding carboxylic acids is 1. The number of Topliss-reactive ketones (excluding diaryl/α,β-unsaturated/α-hetero) is 1. The molecule has 0 fully saturated rings. The number of alkyl halides is 3. The van der Waals surface area contributed by atoms with Crippen molar-refractivity contribution in [2.45, 2.75) is 12.6 Å². The van der Waals surface area contributed by atoms with Crippen molar-refractivity contribution in [3.05, 3.63) is 46.2 Å². The van der Waals surface area contributed by atoms with Crippen molar-refractivity contribution in [2.75, 3.05) is 0 Å². The summed E-state index contributed by atoms with van der Waals surface area (Å²) in [7, 11) is 0. The molecule has 0 aromatic carbocycles. The molecule has 2 rings (SSSR count). The molecule has 0 spiro atoms. The SMILES string of the molecule is O=C(Cc1cncs1)c1ccc(C(F)(F)F)cn1. The van der Waals surface area contributed by atoms with E-state index in [1.807, 2.05) is 0 Å². The Balaban J connectivity index is 2.12. The Morgan fingerprint density at radius 3 is 2.56 bits per heavy atom. The van der Waals surface area contributed by atoms with E-state index in [9.17, 15) is 18.0 Å². The molecule has 94 valence electrons. The maximum absolute atomic E-state index is 12.3. The van der Waals surface area contributed by atoms with Gasteiger partial charge in [-0.2, -0.15) is 13.2 Å². The Labute approximate surface area is 104 Å². The van der Waals surface area contributed by atoms with Gasteiger partial charge in [0, 0.05) is 23.7 Å². The predicted octanol–water partition coefficient (Wildman–Crippen LogP) is 2.98. The third kappa shape index (κ3) is 2.92. The number of pyridine rings is 1. The fourth-order valence-corrected chi connectivity index (χ4v) is 1.90. The second kappa shape index (κ2) is 4.85. The number of thiazole rings is 1. The number of halogens is 3. The van der Waals surface area contributed by atoms with E-state index in [1.54, 1.807) is 11.7 Å². The molecule has 0 aliphatic heterocycles. The minimum atomic E-state index is -4.44. The molecule has 0 radical (unpaired) electrons. The van der Waals surface area contributed by atoms with E-state index in [0.717, 1.165) is 17.0 Å². The lowest BCUT2D eigenvalue weighted by Crippen LogP contribution is -2.09. The zero-order valence-electron chi connectivity index (χ0n) is 8.94. The van der Waals surface area contributed by atoms with Crippen LogP contribution in [0.3, 0.4) is 0 Å². The number of aromatic nitrogens is 2. The van der Waals surface area contributed by atoms with Crippen LogP contribution in [0.5, 0.6) is 0 Å². The first-order valence-electron chi connectivity index (χ1n) is 4.90. The number of nitrogens with zero attached hydrogens (tertiary/aromatic N) is 2. The lowest BCUT2D eigenvalue weighted by molar-refractivity contribution is -0.137. The van der Waals surface area contributed by atoms with Gasteiger partial charge in [-0.25, -0.2) is 0 Å². The summed E-state index contributed by atoms with van der Waals surface area (Å²) in [4.78, 5) is 19.8. The first-order valence-corrected chi connectivity index (χ1v) is 5.78. The summed E-state index contributed by atoms with van der Waals surface area (Å²) in [5, 5.41) is 0. The topological polar surface area (TPSA) is 42.9 Å². The Kier molecular flexibility index (Phi) is 3.42. The molecule has 3 nitrogen and oxygen atoms in total. The summed E-state index contributed by atoms with van der Waals surface area (Å²) < 4.78 is 36.9. The summed E-state index contributed by atoms with van der Waals surface area (Å²) in [5.41, 5.74) is 0.747. The van der Waals surface area contributed by atoms with E-state index >= 15 is 0 Å². The third-order valence-electron chi connectivity index (χ3n) is 2.19. The van der Waals surface area contributed by atoms with Crippen molar-refractivity contribution >= 4 is 17.1 Å². The summed E-state index contributed by atoms with van der Waals surface area (Å²) in [6, 6.07) is 1.94. The minimum Gasteiger partial charge on any atom is -0.292 e. The predicted molar refractivity (Wildman–Crippen MR) is 59.4 cm³/mol. The van der Waals surface area contributed by atoms with Gasteiger partial charge in [0.15, 0.2) is 5.78 Å². The monoisotopic (exact) mass is 272 g/mol. The largest absolute Gasteiger partial charge is 0.417 e. The van der Waals surface area contributed by atoms with Crippen LogP contribution in [0, 0.1) is 0 Å². The van der Waals surface area contributed by atoms with Gasteiger partial charge in [-0.15, -0.1) is 11.3 Å². The maximum atomic E-state index is 12.3. The van der Waals surface area contributed by atoms with Crippen molar-refractivity contribution in [2.24, 2.45) is 0 Å². The Morgan fingerprint density at radius 2 is 2.06 bits per heavy atom. The van der Waals surface area contributed by atoms with Crippen LogP contribution < -0.4 is 0 Å². The molecule has 0 bridgehead atoms. The second-order valence-corrected chi connectivity index (χ2v) is 4.47. The summed E-state index contributed by atoms with van der Waals surface area (Å²) in [6.45, 7) is 0. The van der Waals surface area contributed by atoms with Crippen molar-refractivity contribution in [1.29, 1.82) is 0 Å². The molecular formula is C11H7F3N2OS. The molecule has 0 amide bonds. The lowest BCUT2D eigenvalue weighted by Gasteiger charge is -2.06. The smallest absolute Gasteiger partial charge is 0.292 e. The lowest BCUT2D eigenvalue weighted by atomic mass is 10.1. The van der Waals surface area contributed by atoms with Crippen LogP contribution in [0.15, 0.2) is 30.0 Å². The maximum Gasteiger partial charge on any atom is 0.417 e. The standard InChI is InChI=1S/C11H7F3N2OS/c12-11(13,14)7-1-2-9(16-4-7)10(17)3-8-5-15-6-18-8/h1-2,4-6H,3H2. The van der Waals surface area contributed by atoms with Gasteiger partial charge in [-0.3, -0.25) is 14.8 Å². The number of rotatable bonds is 3. The van der Waals surface area contributed by atoms with Crippen LogP contribution in [0.25, 0.3) is 0 Å². The summed E-state index contributed by atoms with van der Waals surface area (Å²) in [5.74, 6) is -0.326. The van der Waals surface area contributed by atoms with Gasteiger partial charge in [-0.05, 0) is 12.1 Å². The van der Waals surface area contributed by atoms with Gasteiger partial charge >= 0.3 is 6.18 Å². The van der Waals surface area contributed by atoms with E-state index in [4.69, 9.17) is 0 Å². The van der Waals surface area contributed by atoms with Crippen molar-refractivity contribution in [3.63, 3.8) is 0 Å². The van der Waals surface area contributed by atoms with Crippen LogP contribution in [0.2, 0.25) is 0 Å². The highest BCUT2D eigenvalue weighted by molar-refractivity contribution is 7.09. The molecule has 0 atom stereocenters. The molecule has 18 heavy (non-hydrogen) atoms. The highest BCUT2D eigenvalue weighted by Crippen LogP contribution is 2.28. The van der Waals surface area contributed by atoms with Crippen LogP contribution in [-0.2, 0) is 12.6 Å². The van der Waals surface area contributed by atoms with Gasteiger partial charge in [0.25, 0.3) is 0 Å². The van der Waals surface area contributed by atoms with E-state index in [-0.39, 0.29) is 17.9 Å². The Morgan fingerprint density at radius 1 is 1.28 bits per heavy atom. The van der Waals surface area contributed by atoms with Gasteiger partial charge < -0.3 is 0 Å². The quantitative estimate of drug-likeness (QED) is 0.807. The molecule has 0 N–H and O–H groups in total. The fourth-order valence-electron chi connectivity index (χ4n) is 1.30. The summed E-state index contributed by atoms with van der Waals surface area (Å²) >= 11 is 1.31. The molecular weight excluding hydrogens is 265 g/mol. The van der Waals surface area contributed by atoms with E-state index < -0.39 is 11.7 Å². The molecule has 0 aliphatic carbocycles. The number of hydrogen-bond acceptors (Lipinski definition) is 4. The van der Waals surface area contributed by atoms with E-state index in [0.29, 0.717) is 6.20 Å². The molecule has 7 heteroatoms. The van der Waals surface area contributed by atoms with Gasteiger partial charge in [0.1, 0.15) is 5.69 Å². The second-order valence-electron chi connectivity index (χ2n) is 3.50. The zero-order chi connectivity index (χ0) is 13.2. The molecule has 0 saturated heterocycles. The number of ketones is 1. The molecule has 2 aromatic rings. The summed E-state index contributed by atoms with van der Waals surface area (Å²) in [6.07, 6.45) is -2.12. The highest BCUT2D eigenvalue weighted by atomic mass is 32.1. The van der Waals surface area contributed by atoms with Gasteiger partial charge in [0.05, 0.1) is 11.1 Å². The average Bonchev–Trinajstić information content (AvgIpc) is 2.81. The van der Waals surface area contributed by atoms with Crippen LogP contribution in [0.4, 0.5) is 13.2 Å². The van der Waals surface area contributed by atoms with Crippen molar-refractivity contribution in [3.8, 4) is 0 Å². The van der Waals surface area contributed by atoms with Gasteiger partial charge in [0.2, 0.25) is 0 Å². The first-order chi connectivity index (χ1) is 8.47.